The van der Waals surface area contributed by atoms with Crippen LogP contribution in [0.3, 0.4) is 0 Å². The van der Waals surface area contributed by atoms with Crippen molar-refractivity contribution in [2.45, 2.75) is 13.3 Å². The maximum absolute atomic E-state index is 4.16. The molecule has 0 unspecified atom stereocenters. The Morgan fingerprint density at radius 1 is 1.64 bits per heavy atom. The maximum Gasteiger partial charge on any atom is 0.129 e. The molecule has 2 heteroatoms. The van der Waals surface area contributed by atoms with E-state index in [1.165, 1.54) is 5.56 Å². The smallest absolute Gasteiger partial charge is 0.129 e. The van der Waals surface area contributed by atoms with Gasteiger partial charge in [-0.05, 0) is 24.3 Å². The molecule has 0 fully saturated rings. The van der Waals surface area contributed by atoms with Crippen molar-refractivity contribution in [2.24, 2.45) is 0 Å². The predicted octanol–water partition coefficient (Wildman–Crippen LogP) is 2.20. The van der Waals surface area contributed by atoms with Gasteiger partial charge >= 0.3 is 0 Å². The summed E-state index contributed by atoms with van der Waals surface area (Å²) in [5, 5.41) is 2.91. The molecule has 0 saturated heterocycles. The lowest BCUT2D eigenvalue weighted by atomic mass is 10.2. The zero-order valence-electron chi connectivity index (χ0n) is 6.67. The Morgan fingerprint density at radius 3 is 2.91 bits per heavy atom. The summed E-state index contributed by atoms with van der Waals surface area (Å²) in [7, 11) is 0. The van der Waals surface area contributed by atoms with E-state index in [1.807, 2.05) is 12.3 Å². The predicted molar refractivity (Wildman–Crippen MR) is 47.4 cm³/mol. The van der Waals surface area contributed by atoms with Crippen molar-refractivity contribution in [2.75, 3.05) is 5.32 Å². The molecule has 2 nitrogen and oxygen atoms in total. The van der Waals surface area contributed by atoms with Crippen molar-refractivity contribution in [1.82, 2.24) is 4.98 Å². The van der Waals surface area contributed by atoms with Gasteiger partial charge in [0.25, 0.3) is 0 Å². The molecule has 0 bridgehead atoms. The van der Waals surface area contributed by atoms with Crippen LogP contribution in [0.25, 0.3) is 0 Å². The molecule has 11 heavy (non-hydrogen) atoms. The summed E-state index contributed by atoms with van der Waals surface area (Å²) in [6.45, 7) is 5.66. The van der Waals surface area contributed by atoms with E-state index in [4.69, 9.17) is 0 Å². The Morgan fingerprint density at radius 2 is 2.45 bits per heavy atom. The first-order valence-corrected chi connectivity index (χ1v) is 3.69. The quantitative estimate of drug-likeness (QED) is 0.710. The Labute approximate surface area is 67.0 Å². The second-order valence-electron chi connectivity index (χ2n) is 2.25. The van der Waals surface area contributed by atoms with Crippen LogP contribution in [0, 0.1) is 0 Å². The van der Waals surface area contributed by atoms with Gasteiger partial charge in [0, 0.05) is 6.20 Å². The summed E-state index contributed by atoms with van der Waals surface area (Å²) in [6.07, 6.45) is 4.52. The Balaban J connectivity index is 2.74. The number of rotatable bonds is 3. The second kappa shape index (κ2) is 3.76. The van der Waals surface area contributed by atoms with Gasteiger partial charge in [0.1, 0.15) is 5.82 Å². The average Bonchev–Trinajstić information content (AvgIpc) is 2.07. The summed E-state index contributed by atoms with van der Waals surface area (Å²) in [6, 6.07) is 4.00. The molecule has 0 aliphatic carbocycles. The fourth-order valence-corrected chi connectivity index (χ4v) is 0.824. The van der Waals surface area contributed by atoms with E-state index < -0.39 is 0 Å². The van der Waals surface area contributed by atoms with Crippen LogP contribution in [-0.4, -0.2) is 4.98 Å². The number of pyridine rings is 1. The van der Waals surface area contributed by atoms with Crippen LogP contribution in [0.1, 0.15) is 12.5 Å². The number of nitrogens with zero attached hydrogens (tertiary/aromatic N) is 1. The normalized spacial score (nSPS) is 9.18. The topological polar surface area (TPSA) is 24.9 Å². The van der Waals surface area contributed by atoms with E-state index in [2.05, 4.69) is 29.9 Å². The summed E-state index contributed by atoms with van der Waals surface area (Å²) in [5.41, 5.74) is 1.25. The number of aromatic nitrogens is 1. The number of aryl methyl sites for hydroxylation is 1. The molecule has 0 spiro atoms. The molecule has 1 aromatic heterocycles. The Hall–Kier alpha value is -1.31. The highest BCUT2D eigenvalue weighted by Crippen LogP contribution is 2.04. The third-order valence-electron chi connectivity index (χ3n) is 1.48. The molecule has 1 N–H and O–H groups in total. The van der Waals surface area contributed by atoms with Crippen molar-refractivity contribution >= 4 is 5.82 Å². The number of nitrogens with one attached hydrogen (secondary N) is 1. The maximum atomic E-state index is 4.16. The van der Waals surface area contributed by atoms with Crippen LogP contribution in [0.5, 0.6) is 0 Å². The van der Waals surface area contributed by atoms with Gasteiger partial charge in [-0.1, -0.05) is 19.6 Å². The van der Waals surface area contributed by atoms with Gasteiger partial charge in [-0.25, -0.2) is 4.98 Å². The van der Waals surface area contributed by atoms with E-state index in [9.17, 15) is 0 Å². The van der Waals surface area contributed by atoms with Gasteiger partial charge < -0.3 is 5.32 Å². The molecular formula is C9H12N2. The van der Waals surface area contributed by atoms with Gasteiger partial charge in [-0.2, -0.15) is 0 Å². The first kappa shape index (κ1) is 7.79. The van der Waals surface area contributed by atoms with E-state index in [-0.39, 0.29) is 0 Å². The van der Waals surface area contributed by atoms with Crippen LogP contribution < -0.4 is 5.32 Å². The van der Waals surface area contributed by atoms with Crippen molar-refractivity contribution < 1.29 is 0 Å². The monoisotopic (exact) mass is 148 g/mol. The standard InChI is InChI=1S/C9H12N2/c1-3-8-5-6-9(10-4-2)11-7-8/h4-7H,2-3H2,1H3,(H,10,11). The summed E-state index contributed by atoms with van der Waals surface area (Å²) < 4.78 is 0. The second-order valence-corrected chi connectivity index (χ2v) is 2.25. The van der Waals surface area contributed by atoms with E-state index >= 15 is 0 Å². The van der Waals surface area contributed by atoms with Crippen LogP contribution in [-0.2, 0) is 6.42 Å². The Kier molecular flexibility index (Phi) is 2.66. The molecule has 1 heterocycles. The van der Waals surface area contributed by atoms with Gasteiger partial charge in [0.05, 0.1) is 0 Å². The lowest BCUT2D eigenvalue weighted by molar-refractivity contribution is 1.10. The molecule has 0 aliphatic heterocycles. The van der Waals surface area contributed by atoms with E-state index in [0.717, 1.165) is 12.2 Å². The third-order valence-corrected chi connectivity index (χ3v) is 1.48. The molecule has 0 radical (unpaired) electrons. The summed E-state index contributed by atoms with van der Waals surface area (Å²) in [4.78, 5) is 4.16. The minimum absolute atomic E-state index is 0.845. The van der Waals surface area contributed by atoms with Crippen LogP contribution >= 0.6 is 0 Å². The first-order chi connectivity index (χ1) is 5.36. The molecule has 0 aliphatic rings. The molecule has 0 atom stereocenters. The Bertz CT molecular complexity index is 226. The molecular weight excluding hydrogens is 136 g/mol. The van der Waals surface area contributed by atoms with Crippen molar-refractivity contribution in [3.05, 3.63) is 36.7 Å². The molecule has 1 rings (SSSR count). The number of hydrogen-bond acceptors (Lipinski definition) is 2. The molecule has 0 saturated carbocycles. The van der Waals surface area contributed by atoms with Gasteiger partial charge in [-0.15, -0.1) is 0 Å². The van der Waals surface area contributed by atoms with Gasteiger partial charge in [0.15, 0.2) is 0 Å². The lowest BCUT2D eigenvalue weighted by Gasteiger charge is -1.99. The minimum atomic E-state index is 0.845. The highest BCUT2D eigenvalue weighted by atomic mass is 15.0. The zero-order chi connectivity index (χ0) is 8.10. The number of anilines is 1. The minimum Gasteiger partial charge on any atom is -0.347 e. The largest absolute Gasteiger partial charge is 0.347 e. The molecule has 0 amide bonds. The third kappa shape index (κ3) is 2.08. The highest BCUT2D eigenvalue weighted by molar-refractivity contribution is 5.37. The first-order valence-electron chi connectivity index (χ1n) is 3.69. The van der Waals surface area contributed by atoms with E-state index in [0.29, 0.717) is 0 Å². The highest BCUT2D eigenvalue weighted by Gasteiger charge is 1.89. The molecule has 0 aromatic carbocycles. The molecule has 1 aromatic rings. The van der Waals surface area contributed by atoms with Crippen LogP contribution in [0.2, 0.25) is 0 Å². The molecule has 58 valence electrons. The van der Waals surface area contributed by atoms with Crippen LogP contribution in [0.15, 0.2) is 31.1 Å². The fraction of sp³-hybridized carbons (Fsp3) is 0.222. The summed E-state index contributed by atoms with van der Waals surface area (Å²) in [5.74, 6) is 0.845. The van der Waals surface area contributed by atoms with Crippen LogP contribution in [0.4, 0.5) is 5.82 Å². The average molecular weight is 148 g/mol. The van der Waals surface area contributed by atoms with Crippen molar-refractivity contribution in [1.29, 1.82) is 0 Å². The lowest BCUT2D eigenvalue weighted by Crippen LogP contribution is -1.90. The van der Waals surface area contributed by atoms with Gasteiger partial charge in [-0.3, -0.25) is 0 Å². The van der Waals surface area contributed by atoms with Crippen molar-refractivity contribution in [3.8, 4) is 0 Å². The van der Waals surface area contributed by atoms with Gasteiger partial charge in [0.2, 0.25) is 0 Å². The zero-order valence-corrected chi connectivity index (χ0v) is 6.67. The fourth-order valence-electron chi connectivity index (χ4n) is 0.824. The van der Waals surface area contributed by atoms with E-state index in [1.54, 1.807) is 6.20 Å². The van der Waals surface area contributed by atoms with Crippen molar-refractivity contribution in [3.63, 3.8) is 0 Å². The SMILES string of the molecule is C=CNc1ccc(CC)cn1. The summed E-state index contributed by atoms with van der Waals surface area (Å²) >= 11 is 0. The number of hydrogen-bond donors (Lipinski definition) is 1.